The summed E-state index contributed by atoms with van der Waals surface area (Å²) >= 11 is 0. The molecule has 0 amide bonds. The zero-order valence-electron chi connectivity index (χ0n) is 11.0. The van der Waals surface area contributed by atoms with Crippen LogP contribution in [0.15, 0.2) is 24.3 Å². The Labute approximate surface area is 112 Å². The molecule has 0 spiro atoms. The number of nitrogens with zero attached hydrogens (tertiary/aromatic N) is 1. The van der Waals surface area contributed by atoms with Crippen LogP contribution in [0.4, 0.5) is 0 Å². The summed E-state index contributed by atoms with van der Waals surface area (Å²) in [5.41, 5.74) is 0. The Balaban J connectivity index is 1.77. The summed E-state index contributed by atoms with van der Waals surface area (Å²) in [7, 11) is 1.96. The fourth-order valence-corrected chi connectivity index (χ4v) is 2.09. The predicted molar refractivity (Wildman–Crippen MR) is 70.7 cm³/mol. The van der Waals surface area contributed by atoms with Gasteiger partial charge in [-0.2, -0.15) is 0 Å². The second-order valence-electron chi connectivity index (χ2n) is 4.76. The van der Waals surface area contributed by atoms with Crippen LogP contribution in [0.1, 0.15) is 12.8 Å². The van der Waals surface area contributed by atoms with Crippen molar-refractivity contribution in [1.29, 1.82) is 0 Å². The van der Waals surface area contributed by atoms with E-state index in [0.717, 1.165) is 24.6 Å². The van der Waals surface area contributed by atoms with E-state index in [4.69, 9.17) is 14.6 Å². The largest absolute Gasteiger partial charge is 0.486 e. The van der Waals surface area contributed by atoms with Crippen molar-refractivity contribution in [2.45, 2.75) is 18.9 Å². The van der Waals surface area contributed by atoms with E-state index in [9.17, 15) is 4.79 Å². The minimum atomic E-state index is -0.750. The van der Waals surface area contributed by atoms with Crippen LogP contribution in [0.5, 0.6) is 11.5 Å². The van der Waals surface area contributed by atoms with Crippen molar-refractivity contribution in [2.24, 2.45) is 0 Å². The second kappa shape index (κ2) is 6.43. The number of carboxylic acids is 1. The summed E-state index contributed by atoms with van der Waals surface area (Å²) in [4.78, 5) is 12.5. The van der Waals surface area contributed by atoms with Crippen LogP contribution in [-0.2, 0) is 4.79 Å². The van der Waals surface area contributed by atoms with Crippen LogP contribution in [0.3, 0.4) is 0 Å². The molecule has 0 saturated carbocycles. The minimum absolute atomic E-state index is 0.00951. The Bertz CT molecular complexity index is 435. The molecule has 2 rings (SSSR count). The van der Waals surface area contributed by atoms with E-state index in [2.05, 4.69) is 4.90 Å². The third-order valence-corrected chi connectivity index (χ3v) is 3.01. The van der Waals surface area contributed by atoms with Crippen LogP contribution in [0.2, 0.25) is 0 Å². The Morgan fingerprint density at radius 3 is 2.89 bits per heavy atom. The van der Waals surface area contributed by atoms with Crippen LogP contribution in [-0.4, -0.2) is 48.8 Å². The molecule has 19 heavy (non-hydrogen) atoms. The molecule has 0 aromatic heterocycles. The maximum Gasteiger partial charge on any atom is 0.303 e. The van der Waals surface area contributed by atoms with Crippen molar-refractivity contribution >= 4 is 5.97 Å². The third-order valence-electron chi connectivity index (χ3n) is 3.01. The van der Waals surface area contributed by atoms with Gasteiger partial charge < -0.3 is 19.5 Å². The highest BCUT2D eigenvalue weighted by Crippen LogP contribution is 2.30. The van der Waals surface area contributed by atoms with Gasteiger partial charge in [0.25, 0.3) is 0 Å². The second-order valence-corrected chi connectivity index (χ2v) is 4.76. The molecule has 5 nitrogen and oxygen atoms in total. The van der Waals surface area contributed by atoms with E-state index >= 15 is 0 Å². The lowest BCUT2D eigenvalue weighted by molar-refractivity contribution is -0.137. The molecular formula is C14H19NO4. The van der Waals surface area contributed by atoms with Gasteiger partial charge in [-0.05, 0) is 32.1 Å². The summed E-state index contributed by atoms with van der Waals surface area (Å²) in [5, 5.41) is 8.59. The number of carbonyl (C=O) groups is 1. The summed E-state index contributed by atoms with van der Waals surface area (Å²) in [5.74, 6) is 0.810. The molecule has 0 saturated heterocycles. The van der Waals surface area contributed by atoms with E-state index in [1.807, 2.05) is 31.3 Å². The molecular weight excluding hydrogens is 246 g/mol. The topological polar surface area (TPSA) is 59.0 Å². The van der Waals surface area contributed by atoms with E-state index in [1.54, 1.807) is 0 Å². The average molecular weight is 265 g/mol. The van der Waals surface area contributed by atoms with E-state index in [1.165, 1.54) is 0 Å². The molecule has 1 aliphatic heterocycles. The minimum Gasteiger partial charge on any atom is -0.486 e. The lowest BCUT2D eigenvalue weighted by Gasteiger charge is -2.29. The number of hydrogen-bond donors (Lipinski definition) is 1. The predicted octanol–water partition coefficient (Wildman–Crippen LogP) is 1.62. The first kappa shape index (κ1) is 13.7. The molecule has 1 heterocycles. The lowest BCUT2D eigenvalue weighted by atomic mass is 10.2. The normalized spacial score (nSPS) is 17.5. The fourth-order valence-electron chi connectivity index (χ4n) is 2.09. The van der Waals surface area contributed by atoms with E-state index in [0.29, 0.717) is 13.0 Å². The first-order valence-corrected chi connectivity index (χ1v) is 6.44. The molecule has 1 aromatic carbocycles. The van der Waals surface area contributed by atoms with Crippen LogP contribution in [0.25, 0.3) is 0 Å². The van der Waals surface area contributed by atoms with Gasteiger partial charge in [-0.3, -0.25) is 4.79 Å². The number of hydrogen-bond acceptors (Lipinski definition) is 4. The Kier molecular flexibility index (Phi) is 4.63. The number of para-hydroxylation sites is 2. The first-order valence-electron chi connectivity index (χ1n) is 6.44. The van der Waals surface area contributed by atoms with E-state index < -0.39 is 5.97 Å². The van der Waals surface area contributed by atoms with Gasteiger partial charge in [0, 0.05) is 13.0 Å². The van der Waals surface area contributed by atoms with Gasteiger partial charge in [-0.25, -0.2) is 0 Å². The number of likely N-dealkylation sites (N-methyl/N-ethyl adjacent to an activating group) is 1. The number of carboxylic acid groups (broad SMARTS) is 1. The molecule has 0 radical (unpaired) electrons. The van der Waals surface area contributed by atoms with Gasteiger partial charge in [-0.15, -0.1) is 0 Å². The standard InChI is InChI=1S/C14H19NO4/c1-15(8-4-7-14(16)17)9-11-10-18-12-5-2-3-6-13(12)19-11/h2-3,5-6,11H,4,7-10H2,1H3,(H,16,17). The first-order chi connectivity index (χ1) is 9.15. The Hall–Kier alpha value is -1.75. The smallest absolute Gasteiger partial charge is 0.303 e. The number of benzene rings is 1. The van der Waals surface area contributed by atoms with Gasteiger partial charge >= 0.3 is 5.97 Å². The van der Waals surface area contributed by atoms with Gasteiger partial charge in [0.05, 0.1) is 0 Å². The quantitative estimate of drug-likeness (QED) is 0.847. The molecule has 1 N–H and O–H groups in total. The van der Waals surface area contributed by atoms with Crippen molar-refractivity contribution in [3.05, 3.63) is 24.3 Å². The lowest BCUT2D eigenvalue weighted by Crippen LogP contribution is -2.39. The van der Waals surface area contributed by atoms with Gasteiger partial charge in [0.15, 0.2) is 11.5 Å². The number of rotatable bonds is 6. The Morgan fingerprint density at radius 2 is 2.16 bits per heavy atom. The monoisotopic (exact) mass is 265 g/mol. The third kappa shape index (κ3) is 4.13. The van der Waals surface area contributed by atoms with Crippen molar-refractivity contribution in [3.63, 3.8) is 0 Å². The Morgan fingerprint density at radius 1 is 1.42 bits per heavy atom. The zero-order chi connectivity index (χ0) is 13.7. The molecule has 1 aromatic rings. The van der Waals surface area contributed by atoms with Crippen LogP contribution in [0, 0.1) is 0 Å². The van der Waals surface area contributed by atoms with Crippen molar-refractivity contribution in [2.75, 3.05) is 26.7 Å². The fraction of sp³-hybridized carbons (Fsp3) is 0.500. The zero-order valence-corrected chi connectivity index (χ0v) is 11.0. The molecule has 1 unspecified atom stereocenters. The summed E-state index contributed by atoms with van der Waals surface area (Å²) < 4.78 is 11.5. The highest BCUT2D eigenvalue weighted by Gasteiger charge is 2.21. The number of ether oxygens (including phenoxy) is 2. The molecule has 0 bridgehead atoms. The summed E-state index contributed by atoms with van der Waals surface area (Å²) in [6, 6.07) is 7.62. The van der Waals surface area contributed by atoms with Gasteiger partial charge in [0.1, 0.15) is 12.7 Å². The van der Waals surface area contributed by atoms with Crippen molar-refractivity contribution < 1.29 is 19.4 Å². The SMILES string of the molecule is CN(CCCC(=O)O)CC1COc2ccccc2O1. The van der Waals surface area contributed by atoms with Crippen molar-refractivity contribution in [1.82, 2.24) is 4.90 Å². The maximum atomic E-state index is 10.4. The molecule has 1 atom stereocenters. The number of aliphatic carboxylic acids is 1. The van der Waals surface area contributed by atoms with Crippen LogP contribution >= 0.6 is 0 Å². The van der Waals surface area contributed by atoms with Crippen molar-refractivity contribution in [3.8, 4) is 11.5 Å². The summed E-state index contributed by atoms with van der Waals surface area (Å²) in [6.07, 6.45) is 0.843. The molecule has 0 aliphatic carbocycles. The number of fused-ring (bicyclic) bond motifs is 1. The van der Waals surface area contributed by atoms with Gasteiger partial charge in [0.2, 0.25) is 0 Å². The highest BCUT2D eigenvalue weighted by atomic mass is 16.6. The average Bonchev–Trinajstić information content (AvgIpc) is 2.38. The van der Waals surface area contributed by atoms with E-state index in [-0.39, 0.29) is 12.5 Å². The van der Waals surface area contributed by atoms with Gasteiger partial charge in [-0.1, -0.05) is 12.1 Å². The maximum absolute atomic E-state index is 10.4. The highest BCUT2D eigenvalue weighted by molar-refractivity contribution is 5.66. The summed E-state index contributed by atoms with van der Waals surface area (Å²) in [6.45, 7) is 2.00. The molecule has 104 valence electrons. The molecule has 5 heteroatoms. The van der Waals surface area contributed by atoms with Crippen LogP contribution < -0.4 is 9.47 Å². The molecule has 0 fully saturated rings. The molecule has 1 aliphatic rings.